The second-order valence-corrected chi connectivity index (χ2v) is 47.3. The predicted molar refractivity (Wildman–Crippen MR) is 95.0 cm³/mol. The van der Waals surface area contributed by atoms with Gasteiger partial charge in [0.05, 0.1) is 0 Å². The van der Waals surface area contributed by atoms with Gasteiger partial charge in [0.15, 0.2) is 0 Å². The standard InChI is InChI=1S/2C5H9S.C2H7Si.2ClH.Zr/c2*1-5(2)3-4-6;1-3-2;;;/h2*1,6H,3-4H2,2H3;3H,1-2H3;2*1H;/q;;;;;+2/p-2. The molecule has 0 heterocycles. The van der Waals surface area contributed by atoms with Crippen molar-refractivity contribution in [1.82, 2.24) is 0 Å². The summed E-state index contributed by atoms with van der Waals surface area (Å²) in [4.78, 5) is 0. The van der Waals surface area contributed by atoms with Crippen LogP contribution in [0.3, 0.4) is 0 Å². The molecule has 0 aliphatic carbocycles. The van der Waals surface area contributed by atoms with E-state index in [1.807, 2.05) is 0 Å². The molecule has 0 fully saturated rings. The number of allylic oxidation sites excluding steroid dienone is 2. The minimum atomic E-state index is -3.79. The molecule has 0 aromatic heterocycles. The van der Waals surface area contributed by atoms with Crippen LogP contribution in [0.25, 0.3) is 0 Å². The molecule has 18 heavy (non-hydrogen) atoms. The van der Waals surface area contributed by atoms with Crippen LogP contribution >= 0.6 is 42.3 Å². The van der Waals surface area contributed by atoms with Gasteiger partial charge >= 0.3 is 134 Å². The van der Waals surface area contributed by atoms with Crippen molar-refractivity contribution in [3.8, 4) is 0 Å². The van der Waals surface area contributed by atoms with Crippen molar-refractivity contribution >= 4 is 48.2 Å². The fourth-order valence-electron chi connectivity index (χ4n) is 1.81. The molecule has 0 aromatic rings. The summed E-state index contributed by atoms with van der Waals surface area (Å²) in [5.74, 6) is 0.555. The zero-order valence-electron chi connectivity index (χ0n) is 11.7. The summed E-state index contributed by atoms with van der Waals surface area (Å²) in [5, 5.41) is 0. The number of rotatable bonds is 7. The van der Waals surface area contributed by atoms with E-state index in [-0.39, 0.29) is 0 Å². The first-order chi connectivity index (χ1) is 8.14. The molecule has 0 spiro atoms. The zero-order chi connectivity index (χ0) is 14.4. The fourth-order valence-corrected chi connectivity index (χ4v) is 21.4. The van der Waals surface area contributed by atoms with Crippen LogP contribution in [-0.4, -0.2) is 17.4 Å². The molecular formula is C12H25Cl2S2SiZr. The van der Waals surface area contributed by atoms with Crippen LogP contribution in [0.15, 0.2) is 18.7 Å². The Morgan fingerprint density at radius 2 is 1.33 bits per heavy atom. The first-order valence-corrected chi connectivity index (χ1v) is 23.9. The Bertz CT molecular complexity index is 315. The van der Waals surface area contributed by atoms with Crippen LogP contribution in [-0.2, 0) is 15.6 Å². The van der Waals surface area contributed by atoms with E-state index in [0.717, 1.165) is 24.3 Å². The molecular weight excluding hydrogens is 398 g/mol. The van der Waals surface area contributed by atoms with Crippen LogP contribution in [0.1, 0.15) is 26.7 Å². The molecule has 0 saturated carbocycles. The molecule has 0 amide bonds. The third-order valence-electron chi connectivity index (χ3n) is 3.16. The third-order valence-corrected chi connectivity index (χ3v) is 47.3. The summed E-state index contributed by atoms with van der Waals surface area (Å²) in [7, 11) is 14.0. The van der Waals surface area contributed by atoms with Gasteiger partial charge in [0.2, 0.25) is 0 Å². The summed E-state index contributed by atoms with van der Waals surface area (Å²) in [5.41, 5.74) is 2.58. The molecule has 0 atom stereocenters. The van der Waals surface area contributed by atoms with Crippen molar-refractivity contribution < 1.29 is 15.6 Å². The molecule has 0 nitrogen and oxygen atoms in total. The van der Waals surface area contributed by atoms with E-state index in [9.17, 15) is 0 Å². The number of thiol groups is 2. The monoisotopic (exact) mass is 421 g/mol. The van der Waals surface area contributed by atoms with E-state index in [4.69, 9.17) is 17.0 Å². The van der Waals surface area contributed by atoms with E-state index in [1.54, 1.807) is 0 Å². The maximum atomic E-state index is 7.02. The van der Waals surface area contributed by atoms with E-state index >= 15 is 0 Å². The number of hydrogen-bond donors (Lipinski definition) is 2. The van der Waals surface area contributed by atoms with E-state index in [2.05, 4.69) is 59.8 Å². The van der Waals surface area contributed by atoms with Gasteiger partial charge in [-0.25, -0.2) is 0 Å². The molecule has 0 bridgehead atoms. The Morgan fingerprint density at radius 1 is 1.00 bits per heavy atom. The molecule has 6 heteroatoms. The fraction of sp³-hybridized carbons (Fsp3) is 0.667. The summed E-state index contributed by atoms with van der Waals surface area (Å²) in [6.07, 6.45) is 1.93. The van der Waals surface area contributed by atoms with Gasteiger partial charge in [-0.2, -0.15) is 0 Å². The van der Waals surface area contributed by atoms with Crippen LogP contribution in [0, 0.1) is 0 Å². The zero-order valence-corrected chi connectivity index (χ0v) is 18.6. The summed E-state index contributed by atoms with van der Waals surface area (Å²) in [6, 6.07) is 0. The Kier molecular flexibility index (Phi) is 9.20. The predicted octanol–water partition coefficient (Wildman–Crippen LogP) is 5.41. The minimum absolute atomic E-state index is 0.848. The maximum absolute atomic E-state index is 7.02. The van der Waals surface area contributed by atoms with E-state index in [0.29, 0.717) is 0 Å². The van der Waals surface area contributed by atoms with Crippen molar-refractivity contribution in [2.45, 2.75) is 39.8 Å². The van der Waals surface area contributed by atoms with Crippen LogP contribution in [0.5, 0.6) is 0 Å². The normalized spacial score (nSPS) is 16.8. The molecule has 0 saturated heterocycles. The van der Waals surface area contributed by atoms with Crippen LogP contribution in [0.4, 0.5) is 0 Å². The summed E-state index contributed by atoms with van der Waals surface area (Å²) in [6.45, 7) is 8.76. The first-order valence-electron chi connectivity index (χ1n) is 6.32. The van der Waals surface area contributed by atoms with Gasteiger partial charge in [-0.15, -0.1) is 0 Å². The van der Waals surface area contributed by atoms with Gasteiger partial charge in [0.25, 0.3) is 0 Å². The molecule has 0 aliphatic rings. The van der Waals surface area contributed by atoms with Gasteiger partial charge < -0.3 is 0 Å². The van der Waals surface area contributed by atoms with Crippen molar-refractivity contribution in [3.63, 3.8) is 0 Å². The van der Waals surface area contributed by atoms with E-state index in [1.165, 1.54) is 11.1 Å². The quantitative estimate of drug-likeness (QED) is 0.397. The van der Waals surface area contributed by atoms with Gasteiger partial charge in [-0.1, -0.05) is 0 Å². The molecule has 0 radical (unpaired) electrons. The second-order valence-electron chi connectivity index (χ2n) is 5.31. The van der Waals surface area contributed by atoms with Crippen molar-refractivity contribution in [3.05, 3.63) is 18.7 Å². The van der Waals surface area contributed by atoms with Gasteiger partial charge in [0, 0.05) is 0 Å². The van der Waals surface area contributed by atoms with Crippen molar-refractivity contribution in [1.29, 1.82) is 0 Å². The Morgan fingerprint density at radius 3 is 1.56 bits per heavy atom. The molecule has 0 aromatic carbocycles. The number of halogens is 2. The molecule has 0 N–H and O–H groups in total. The Balaban J connectivity index is 5.48. The van der Waals surface area contributed by atoms with Crippen LogP contribution in [0.2, 0.25) is 13.1 Å². The third kappa shape index (κ3) is 6.54. The van der Waals surface area contributed by atoms with E-state index < -0.39 is 21.5 Å². The van der Waals surface area contributed by atoms with Crippen molar-refractivity contribution in [2.75, 3.05) is 11.5 Å². The summed E-state index contributed by atoms with van der Waals surface area (Å²) < 4.78 is 4.47. The average molecular weight is 424 g/mol. The topological polar surface area (TPSA) is 0 Å². The second kappa shape index (κ2) is 8.34. The molecule has 0 rings (SSSR count). The van der Waals surface area contributed by atoms with Crippen molar-refractivity contribution in [2.24, 2.45) is 0 Å². The Labute approximate surface area is 132 Å². The Hall–Kier alpha value is 1.86. The molecule has 0 aliphatic heterocycles. The summed E-state index contributed by atoms with van der Waals surface area (Å²) >= 11 is 4.76. The van der Waals surface area contributed by atoms with Gasteiger partial charge in [0.1, 0.15) is 0 Å². The molecule has 107 valence electrons. The SMILES string of the molecule is CC(=[CH][Zr]([Cl])([Cl])([CH]=C(C)CCS)[SiH](C)C)CCS. The first kappa shape index (κ1) is 19.9. The average Bonchev–Trinajstić information content (AvgIpc) is 2.16. The molecule has 0 unspecified atom stereocenters. The van der Waals surface area contributed by atoms with Crippen LogP contribution < -0.4 is 0 Å². The van der Waals surface area contributed by atoms with Gasteiger partial charge in [-0.05, 0) is 0 Å². The number of hydrogen-bond acceptors (Lipinski definition) is 2. The van der Waals surface area contributed by atoms with Gasteiger partial charge in [-0.3, -0.25) is 0 Å².